The van der Waals surface area contributed by atoms with Crippen molar-refractivity contribution in [3.63, 3.8) is 0 Å². The standard InChI is InChI=1S/C17H23N3O2/c1-17(13-18,14-8-9-14)19-16(21)12-20(2)10-11-22-15-6-4-3-5-7-15/h3-7,14H,8-12H2,1-2H3,(H,19,21)/p+1/t17-/m1/s1. The van der Waals surface area contributed by atoms with E-state index in [1.54, 1.807) is 0 Å². The Hall–Kier alpha value is -2.06. The van der Waals surface area contributed by atoms with Crippen LogP contribution in [0, 0.1) is 17.2 Å². The lowest BCUT2D eigenvalue weighted by molar-refractivity contribution is -0.871. The van der Waals surface area contributed by atoms with Crippen LogP contribution in [0.15, 0.2) is 30.3 Å². The maximum atomic E-state index is 12.1. The SMILES string of the molecule is C[NH+](CCOc1ccccc1)CC(=O)N[C@](C)(C#N)C1CC1. The summed E-state index contributed by atoms with van der Waals surface area (Å²) in [4.78, 5) is 13.1. The van der Waals surface area contributed by atoms with E-state index >= 15 is 0 Å². The van der Waals surface area contributed by atoms with Gasteiger partial charge in [-0.3, -0.25) is 4.79 Å². The number of nitrogens with zero attached hydrogens (tertiary/aromatic N) is 1. The third kappa shape index (κ3) is 4.74. The highest BCUT2D eigenvalue weighted by Crippen LogP contribution is 2.39. The fourth-order valence-electron chi connectivity index (χ4n) is 2.44. The average molecular weight is 302 g/mol. The summed E-state index contributed by atoms with van der Waals surface area (Å²) in [7, 11) is 1.95. The van der Waals surface area contributed by atoms with Gasteiger partial charge in [-0.2, -0.15) is 5.26 Å². The molecular weight excluding hydrogens is 278 g/mol. The van der Waals surface area contributed by atoms with E-state index in [1.165, 1.54) is 0 Å². The van der Waals surface area contributed by atoms with E-state index in [9.17, 15) is 10.1 Å². The molecule has 22 heavy (non-hydrogen) atoms. The number of para-hydroxylation sites is 1. The molecule has 0 aliphatic heterocycles. The predicted molar refractivity (Wildman–Crippen MR) is 83.4 cm³/mol. The van der Waals surface area contributed by atoms with Gasteiger partial charge < -0.3 is 15.0 Å². The summed E-state index contributed by atoms with van der Waals surface area (Å²) in [6.45, 7) is 3.45. The van der Waals surface area contributed by atoms with Gasteiger partial charge in [0, 0.05) is 0 Å². The highest BCUT2D eigenvalue weighted by molar-refractivity contribution is 5.78. The molecule has 0 aromatic heterocycles. The first-order valence-corrected chi connectivity index (χ1v) is 7.75. The molecule has 0 saturated heterocycles. The summed E-state index contributed by atoms with van der Waals surface area (Å²) >= 11 is 0. The van der Waals surface area contributed by atoms with Crippen LogP contribution in [0.5, 0.6) is 5.75 Å². The molecule has 0 spiro atoms. The van der Waals surface area contributed by atoms with Crippen molar-refractivity contribution in [3.8, 4) is 11.8 Å². The van der Waals surface area contributed by atoms with Crippen LogP contribution in [0.2, 0.25) is 0 Å². The molecule has 1 aliphatic carbocycles. The Balaban J connectivity index is 1.69. The maximum absolute atomic E-state index is 12.1. The van der Waals surface area contributed by atoms with Crippen molar-refractivity contribution in [2.45, 2.75) is 25.3 Å². The second-order valence-electron chi connectivity index (χ2n) is 6.18. The van der Waals surface area contributed by atoms with Crippen molar-refractivity contribution < 1.29 is 14.4 Å². The third-order valence-electron chi connectivity index (χ3n) is 4.03. The lowest BCUT2D eigenvalue weighted by Crippen LogP contribution is -3.11. The largest absolute Gasteiger partial charge is 0.488 e. The van der Waals surface area contributed by atoms with Crippen LogP contribution < -0.4 is 15.0 Å². The Bertz CT molecular complexity index is 537. The van der Waals surface area contributed by atoms with Crippen LogP contribution >= 0.6 is 0 Å². The summed E-state index contributed by atoms with van der Waals surface area (Å²) in [5, 5.41) is 12.1. The number of nitriles is 1. The van der Waals surface area contributed by atoms with Gasteiger partial charge in [0.25, 0.3) is 5.91 Å². The summed E-state index contributed by atoms with van der Waals surface area (Å²) in [5.41, 5.74) is -0.710. The van der Waals surface area contributed by atoms with E-state index in [1.807, 2.05) is 44.3 Å². The van der Waals surface area contributed by atoms with E-state index < -0.39 is 5.54 Å². The lowest BCUT2D eigenvalue weighted by atomic mass is 9.98. The molecule has 1 aromatic carbocycles. The molecule has 1 aliphatic rings. The molecule has 1 aromatic rings. The molecule has 0 bridgehead atoms. The second-order valence-corrected chi connectivity index (χ2v) is 6.18. The van der Waals surface area contributed by atoms with E-state index in [0.717, 1.165) is 30.0 Å². The van der Waals surface area contributed by atoms with Gasteiger partial charge in [0.2, 0.25) is 0 Å². The Kier molecular flexibility index (Phi) is 5.40. The van der Waals surface area contributed by atoms with E-state index in [4.69, 9.17) is 4.74 Å². The molecule has 1 amide bonds. The number of hydrogen-bond acceptors (Lipinski definition) is 3. The molecule has 1 saturated carbocycles. The van der Waals surface area contributed by atoms with Crippen LogP contribution in [0.25, 0.3) is 0 Å². The number of quaternary nitrogens is 1. The third-order valence-corrected chi connectivity index (χ3v) is 4.03. The first kappa shape index (κ1) is 16.3. The van der Waals surface area contributed by atoms with Gasteiger partial charge in [-0.25, -0.2) is 0 Å². The Morgan fingerprint density at radius 1 is 1.45 bits per heavy atom. The minimum atomic E-state index is -0.710. The van der Waals surface area contributed by atoms with Crippen molar-refractivity contribution in [3.05, 3.63) is 30.3 Å². The Labute approximate surface area is 131 Å². The number of benzene rings is 1. The minimum Gasteiger partial charge on any atom is -0.488 e. The number of carbonyl (C=O) groups excluding carboxylic acids is 1. The van der Waals surface area contributed by atoms with Crippen molar-refractivity contribution in [1.82, 2.24) is 5.32 Å². The molecule has 5 heteroatoms. The van der Waals surface area contributed by atoms with Crippen LogP contribution in [0.3, 0.4) is 0 Å². The molecule has 2 atom stereocenters. The highest BCUT2D eigenvalue weighted by Gasteiger charge is 2.43. The van der Waals surface area contributed by atoms with Gasteiger partial charge in [-0.05, 0) is 37.8 Å². The number of amides is 1. The zero-order valence-corrected chi connectivity index (χ0v) is 13.3. The molecule has 2 N–H and O–H groups in total. The smallest absolute Gasteiger partial charge is 0.276 e. The summed E-state index contributed by atoms with van der Waals surface area (Å²) in [6, 6.07) is 11.9. The number of ether oxygens (including phenoxy) is 1. The van der Waals surface area contributed by atoms with E-state index in [2.05, 4.69) is 11.4 Å². The molecular formula is C17H24N3O2+. The first-order chi connectivity index (χ1) is 10.5. The number of hydrogen-bond donors (Lipinski definition) is 2. The summed E-state index contributed by atoms with van der Waals surface area (Å²) in [6.07, 6.45) is 2.05. The van der Waals surface area contributed by atoms with Crippen molar-refractivity contribution in [2.24, 2.45) is 5.92 Å². The number of rotatable bonds is 8. The topological polar surface area (TPSA) is 66.6 Å². The summed E-state index contributed by atoms with van der Waals surface area (Å²) < 4.78 is 5.62. The zero-order chi connectivity index (χ0) is 16.0. The number of nitrogens with one attached hydrogen (secondary N) is 2. The van der Waals surface area contributed by atoms with Gasteiger partial charge in [-0.15, -0.1) is 0 Å². The second kappa shape index (κ2) is 7.28. The Morgan fingerprint density at radius 3 is 2.73 bits per heavy atom. The molecule has 0 radical (unpaired) electrons. The number of carbonyl (C=O) groups is 1. The highest BCUT2D eigenvalue weighted by atomic mass is 16.5. The quantitative estimate of drug-likeness (QED) is 0.730. The number of likely N-dealkylation sites (N-methyl/N-ethyl adjacent to an activating group) is 1. The van der Waals surface area contributed by atoms with Gasteiger partial charge in [0.05, 0.1) is 13.1 Å². The minimum absolute atomic E-state index is 0.0758. The van der Waals surface area contributed by atoms with Crippen molar-refractivity contribution in [2.75, 3.05) is 26.7 Å². The normalized spacial score (nSPS) is 17.9. The predicted octanol–water partition coefficient (Wildman–Crippen LogP) is 0.389. The molecule has 1 fully saturated rings. The first-order valence-electron chi connectivity index (χ1n) is 7.75. The van der Waals surface area contributed by atoms with Gasteiger partial charge >= 0.3 is 0 Å². The fourth-order valence-corrected chi connectivity index (χ4v) is 2.44. The zero-order valence-electron chi connectivity index (χ0n) is 13.3. The fraction of sp³-hybridized carbons (Fsp3) is 0.529. The molecule has 2 rings (SSSR count). The van der Waals surface area contributed by atoms with Crippen molar-refractivity contribution >= 4 is 5.91 Å². The van der Waals surface area contributed by atoms with Crippen LogP contribution in [0.4, 0.5) is 0 Å². The van der Waals surface area contributed by atoms with Gasteiger partial charge in [-0.1, -0.05) is 18.2 Å². The molecule has 5 nitrogen and oxygen atoms in total. The monoisotopic (exact) mass is 302 g/mol. The van der Waals surface area contributed by atoms with Crippen LogP contribution in [-0.2, 0) is 4.79 Å². The molecule has 0 heterocycles. The molecule has 1 unspecified atom stereocenters. The van der Waals surface area contributed by atoms with E-state index in [0.29, 0.717) is 19.1 Å². The average Bonchev–Trinajstić information content (AvgIpc) is 3.33. The summed E-state index contributed by atoms with van der Waals surface area (Å²) in [5.74, 6) is 1.07. The maximum Gasteiger partial charge on any atom is 0.276 e. The van der Waals surface area contributed by atoms with Crippen molar-refractivity contribution in [1.29, 1.82) is 5.26 Å². The van der Waals surface area contributed by atoms with E-state index in [-0.39, 0.29) is 5.91 Å². The van der Waals surface area contributed by atoms with Crippen LogP contribution in [0.1, 0.15) is 19.8 Å². The van der Waals surface area contributed by atoms with Gasteiger partial charge in [0.1, 0.15) is 24.4 Å². The van der Waals surface area contributed by atoms with Crippen LogP contribution in [-0.4, -0.2) is 38.2 Å². The van der Waals surface area contributed by atoms with Gasteiger partial charge in [0.15, 0.2) is 6.54 Å². The lowest BCUT2D eigenvalue weighted by Gasteiger charge is -2.23. The molecule has 118 valence electrons. The Morgan fingerprint density at radius 2 is 2.14 bits per heavy atom.